The summed E-state index contributed by atoms with van der Waals surface area (Å²) < 4.78 is 1.63. The summed E-state index contributed by atoms with van der Waals surface area (Å²) in [5, 5.41) is 13.3. The standard InChI is InChI=1S/C26H32N6O2/c1-17-14-27-18(2)11-23(17)29-21-10-6-9-20(13-21)25(33)31-24(12-19-7-4-5-8-19)26(34)30-22-15-28-32(3)16-22/h6,9-11,13-16,19,24H,4-5,7-8,12H2,1-3H3,(H,27,29)(H,30,34)(H,31,33)/t24-/m0/s1. The summed E-state index contributed by atoms with van der Waals surface area (Å²) in [5.74, 6) is -0.0446. The van der Waals surface area contributed by atoms with Gasteiger partial charge in [0.2, 0.25) is 5.91 Å². The highest BCUT2D eigenvalue weighted by atomic mass is 16.2. The molecule has 4 rings (SSSR count). The van der Waals surface area contributed by atoms with E-state index in [2.05, 4.69) is 26.0 Å². The number of anilines is 3. The smallest absolute Gasteiger partial charge is 0.252 e. The fraction of sp³-hybridized carbons (Fsp3) is 0.385. The average molecular weight is 461 g/mol. The van der Waals surface area contributed by atoms with Crippen LogP contribution in [0.3, 0.4) is 0 Å². The summed E-state index contributed by atoms with van der Waals surface area (Å²) in [6.07, 6.45) is 10.3. The third kappa shape index (κ3) is 6.01. The number of pyridine rings is 1. The van der Waals surface area contributed by atoms with E-state index < -0.39 is 6.04 Å². The van der Waals surface area contributed by atoms with Crippen molar-refractivity contribution >= 4 is 28.9 Å². The van der Waals surface area contributed by atoms with E-state index in [1.807, 2.05) is 38.2 Å². The normalized spacial score (nSPS) is 14.6. The lowest BCUT2D eigenvalue weighted by atomic mass is 9.97. The molecule has 2 amide bonds. The molecule has 0 bridgehead atoms. The van der Waals surface area contributed by atoms with E-state index in [1.165, 1.54) is 12.8 Å². The van der Waals surface area contributed by atoms with Gasteiger partial charge < -0.3 is 16.0 Å². The molecular formula is C26H32N6O2. The Bertz CT molecular complexity index is 1170. The number of hydrogen-bond acceptors (Lipinski definition) is 5. The first-order chi connectivity index (χ1) is 16.4. The molecule has 1 aliphatic carbocycles. The molecule has 1 aliphatic rings. The van der Waals surface area contributed by atoms with Crippen LogP contribution >= 0.6 is 0 Å². The van der Waals surface area contributed by atoms with Crippen LogP contribution in [0.15, 0.2) is 48.9 Å². The van der Waals surface area contributed by atoms with E-state index in [9.17, 15) is 9.59 Å². The van der Waals surface area contributed by atoms with Gasteiger partial charge in [-0.3, -0.25) is 19.3 Å². The molecule has 0 aliphatic heterocycles. The Hall–Kier alpha value is -3.68. The number of amides is 2. The van der Waals surface area contributed by atoms with Crippen LogP contribution < -0.4 is 16.0 Å². The lowest BCUT2D eigenvalue weighted by Gasteiger charge is -2.21. The molecule has 0 unspecified atom stereocenters. The maximum absolute atomic E-state index is 13.2. The van der Waals surface area contributed by atoms with Gasteiger partial charge in [-0.2, -0.15) is 5.10 Å². The van der Waals surface area contributed by atoms with Gasteiger partial charge >= 0.3 is 0 Å². The number of benzene rings is 1. The van der Waals surface area contributed by atoms with Gasteiger partial charge in [-0.25, -0.2) is 0 Å². The summed E-state index contributed by atoms with van der Waals surface area (Å²) >= 11 is 0. The van der Waals surface area contributed by atoms with Crippen molar-refractivity contribution in [3.63, 3.8) is 0 Å². The maximum Gasteiger partial charge on any atom is 0.252 e. The van der Waals surface area contributed by atoms with Gasteiger partial charge in [0.05, 0.1) is 11.9 Å². The second kappa shape index (κ2) is 10.5. The van der Waals surface area contributed by atoms with E-state index in [0.717, 1.165) is 35.5 Å². The predicted molar refractivity (Wildman–Crippen MR) is 133 cm³/mol. The molecule has 1 saturated carbocycles. The zero-order valence-corrected chi connectivity index (χ0v) is 20.0. The van der Waals surface area contributed by atoms with Crippen LogP contribution in [0.4, 0.5) is 17.1 Å². The first-order valence-corrected chi connectivity index (χ1v) is 11.8. The van der Waals surface area contributed by atoms with Crippen LogP contribution in [0, 0.1) is 19.8 Å². The Morgan fingerprint density at radius 1 is 1.12 bits per heavy atom. The van der Waals surface area contributed by atoms with Gasteiger partial charge in [-0.15, -0.1) is 0 Å². The Labute approximate surface area is 200 Å². The molecule has 1 fully saturated rings. The lowest BCUT2D eigenvalue weighted by Crippen LogP contribution is -2.44. The molecule has 3 N–H and O–H groups in total. The molecule has 1 atom stereocenters. The minimum Gasteiger partial charge on any atom is -0.355 e. The molecule has 3 aromatic rings. The number of nitrogens with one attached hydrogen (secondary N) is 3. The number of carbonyl (C=O) groups is 2. The van der Waals surface area contributed by atoms with E-state index >= 15 is 0 Å². The molecular weight excluding hydrogens is 428 g/mol. The van der Waals surface area contributed by atoms with Crippen molar-refractivity contribution in [3.8, 4) is 0 Å². The molecule has 2 aromatic heterocycles. The lowest BCUT2D eigenvalue weighted by molar-refractivity contribution is -0.118. The molecule has 34 heavy (non-hydrogen) atoms. The van der Waals surface area contributed by atoms with Crippen molar-refractivity contribution in [1.29, 1.82) is 0 Å². The summed E-state index contributed by atoms with van der Waals surface area (Å²) in [7, 11) is 1.79. The number of nitrogens with zero attached hydrogens (tertiary/aromatic N) is 3. The zero-order chi connectivity index (χ0) is 24.1. The second-order valence-electron chi connectivity index (χ2n) is 9.15. The fourth-order valence-electron chi connectivity index (χ4n) is 4.42. The summed E-state index contributed by atoms with van der Waals surface area (Å²) in [4.78, 5) is 30.5. The van der Waals surface area contributed by atoms with Crippen molar-refractivity contribution in [2.45, 2.75) is 52.0 Å². The Balaban J connectivity index is 1.48. The third-order valence-electron chi connectivity index (χ3n) is 6.28. The van der Waals surface area contributed by atoms with E-state index in [-0.39, 0.29) is 11.8 Å². The summed E-state index contributed by atoms with van der Waals surface area (Å²) in [6.45, 7) is 3.93. The fourth-order valence-corrected chi connectivity index (χ4v) is 4.42. The number of aromatic nitrogens is 3. The molecule has 2 heterocycles. The van der Waals surface area contributed by atoms with Gasteiger partial charge in [-0.1, -0.05) is 31.7 Å². The highest BCUT2D eigenvalue weighted by Crippen LogP contribution is 2.29. The van der Waals surface area contributed by atoms with Crippen LogP contribution in [-0.2, 0) is 11.8 Å². The SMILES string of the molecule is Cc1cc(Nc2cccc(C(=O)N[C@@H](CC3CCCC3)C(=O)Nc3cnn(C)c3)c2)c(C)cn1. The van der Waals surface area contributed by atoms with E-state index in [0.29, 0.717) is 23.6 Å². The van der Waals surface area contributed by atoms with Crippen LogP contribution in [0.5, 0.6) is 0 Å². The van der Waals surface area contributed by atoms with Gasteiger partial charge in [0.15, 0.2) is 0 Å². The predicted octanol–water partition coefficient (Wildman–Crippen LogP) is 4.49. The highest BCUT2D eigenvalue weighted by molar-refractivity contribution is 6.01. The Kier molecular flexibility index (Phi) is 7.25. The van der Waals surface area contributed by atoms with E-state index in [4.69, 9.17) is 0 Å². The topological polar surface area (TPSA) is 101 Å². The van der Waals surface area contributed by atoms with Gasteiger partial charge in [0.1, 0.15) is 6.04 Å². The summed E-state index contributed by atoms with van der Waals surface area (Å²) in [6, 6.07) is 8.67. The highest BCUT2D eigenvalue weighted by Gasteiger charge is 2.27. The number of aryl methyl sites for hydroxylation is 3. The molecule has 1 aromatic carbocycles. The Morgan fingerprint density at radius 3 is 2.65 bits per heavy atom. The molecule has 8 nitrogen and oxygen atoms in total. The molecule has 0 radical (unpaired) electrons. The molecule has 178 valence electrons. The first-order valence-electron chi connectivity index (χ1n) is 11.8. The number of carbonyl (C=O) groups excluding carboxylic acids is 2. The number of hydrogen-bond donors (Lipinski definition) is 3. The van der Waals surface area contributed by atoms with Gasteiger partial charge in [0.25, 0.3) is 5.91 Å². The van der Waals surface area contributed by atoms with Crippen molar-refractivity contribution in [2.75, 3.05) is 10.6 Å². The Morgan fingerprint density at radius 2 is 1.91 bits per heavy atom. The third-order valence-corrected chi connectivity index (χ3v) is 6.28. The van der Waals surface area contributed by atoms with Crippen molar-refractivity contribution in [2.24, 2.45) is 13.0 Å². The van der Waals surface area contributed by atoms with Crippen molar-refractivity contribution in [3.05, 3.63) is 65.7 Å². The molecule has 0 saturated heterocycles. The summed E-state index contributed by atoms with van der Waals surface area (Å²) in [5.41, 5.74) is 4.79. The van der Waals surface area contributed by atoms with E-state index in [1.54, 1.807) is 36.3 Å². The molecule has 0 spiro atoms. The van der Waals surface area contributed by atoms with Crippen LogP contribution in [-0.4, -0.2) is 32.6 Å². The minimum atomic E-state index is -0.613. The quantitative estimate of drug-likeness (QED) is 0.460. The van der Waals surface area contributed by atoms with Crippen molar-refractivity contribution < 1.29 is 9.59 Å². The first kappa shape index (κ1) is 23.5. The average Bonchev–Trinajstić information content (AvgIpc) is 3.47. The van der Waals surface area contributed by atoms with Crippen LogP contribution in [0.1, 0.15) is 53.7 Å². The monoisotopic (exact) mass is 460 g/mol. The largest absolute Gasteiger partial charge is 0.355 e. The minimum absolute atomic E-state index is 0.217. The second-order valence-corrected chi connectivity index (χ2v) is 9.15. The van der Waals surface area contributed by atoms with Gasteiger partial charge in [-0.05, 0) is 56.0 Å². The van der Waals surface area contributed by atoms with Crippen molar-refractivity contribution in [1.82, 2.24) is 20.1 Å². The van der Waals surface area contributed by atoms with Crippen LogP contribution in [0.2, 0.25) is 0 Å². The number of rotatable bonds is 8. The van der Waals surface area contributed by atoms with Crippen LogP contribution in [0.25, 0.3) is 0 Å². The molecule has 8 heteroatoms. The maximum atomic E-state index is 13.2. The zero-order valence-electron chi connectivity index (χ0n) is 20.0. The van der Waals surface area contributed by atoms with Gasteiger partial charge in [0, 0.05) is 42.1 Å².